The van der Waals surface area contributed by atoms with Crippen LogP contribution in [0.15, 0.2) is 0 Å². The van der Waals surface area contributed by atoms with Gasteiger partial charge >= 0.3 is 24.4 Å². The van der Waals surface area contributed by atoms with Gasteiger partial charge in [0.15, 0.2) is 11.1 Å². The molecule has 0 heterocycles. The summed E-state index contributed by atoms with van der Waals surface area (Å²) in [6.07, 6.45) is 2.35. The fraction of sp³-hybridized carbons (Fsp3) is 0.905. The lowest BCUT2D eigenvalue weighted by Gasteiger charge is -2.26. The minimum absolute atomic E-state index is 0. The Morgan fingerprint density at radius 2 is 0.750 bits per heavy atom. The molecule has 0 radical (unpaired) electrons. The van der Waals surface area contributed by atoms with Gasteiger partial charge in [-0.3, -0.25) is 4.18 Å². The van der Waals surface area contributed by atoms with E-state index in [0.717, 1.165) is 43.1 Å². The molecule has 0 rings (SSSR count). The van der Waals surface area contributed by atoms with Gasteiger partial charge < -0.3 is 38.5 Å². The highest BCUT2D eigenvalue weighted by molar-refractivity contribution is 8.76. The molecule has 0 aromatic carbocycles. The zero-order valence-electron chi connectivity index (χ0n) is 39.9. The molecule has 1 unspecified atom stereocenters. The third kappa shape index (κ3) is 40.3. The van der Waals surface area contributed by atoms with Crippen molar-refractivity contribution in [3.05, 3.63) is 0 Å². The predicted octanol–water partition coefficient (Wildman–Crippen LogP) is 10.8. The summed E-state index contributed by atoms with van der Waals surface area (Å²) >= 11 is 2.85. The molecule has 0 aromatic heterocycles. The molecule has 0 aromatic rings. The normalized spacial score (nSPS) is 11.9. The highest BCUT2D eigenvalue weighted by Crippen LogP contribution is 2.23. The molecule has 0 saturated heterocycles. The van der Waals surface area contributed by atoms with Crippen LogP contribution in [0.4, 0.5) is 19.2 Å². The average Bonchev–Trinajstić information content (AvgIpc) is 3.08. The van der Waals surface area contributed by atoms with Crippen molar-refractivity contribution in [1.29, 1.82) is 0 Å². The fourth-order valence-electron chi connectivity index (χ4n) is 4.28. The Bertz CT molecular complexity index is 1130. The number of thiol groups is 1. The summed E-state index contributed by atoms with van der Waals surface area (Å²) in [6, 6.07) is 0. The number of hydrogen-bond donors (Lipinski definition) is 1. The van der Waals surface area contributed by atoms with Gasteiger partial charge in [0.1, 0.15) is 22.4 Å². The number of carbonyl (C=O) groups excluding carboxylic acids is 4. The molecule has 4 amide bonds. The Morgan fingerprint density at radius 1 is 0.500 bits per heavy atom. The van der Waals surface area contributed by atoms with Crippen LogP contribution in [0.5, 0.6) is 0 Å². The molecule has 0 saturated carbocycles. The van der Waals surface area contributed by atoms with Gasteiger partial charge in [0.2, 0.25) is 0 Å². The van der Waals surface area contributed by atoms with E-state index in [2.05, 4.69) is 16.8 Å². The topological polar surface area (TPSA) is 144 Å². The predicted molar refractivity (Wildman–Crippen MR) is 258 cm³/mol. The number of rotatable bonds is 21. The van der Waals surface area contributed by atoms with Crippen LogP contribution < -0.4 is 0 Å². The molecule has 1 atom stereocenters. The standard InChI is InChI=1S/C20H40N2O4S2.C11H23NO4S.C10H21NO2S.CH4/c1-9-21(17(23)25-19(3,4)5)13-11-15-27-28-16-12-14-22(10-2)18(24)26-20(6,7)8;1-6-12(8-7-9-17(14)15-5)10(13)16-11(2,3)4;1-5-11(7-6-8-14)9(12)13-10(2,3)4;/h9-16H2,1-8H3;6-9H2,1-5H3;14H,5-8H2,1-4H3;1H4. The quantitative estimate of drug-likeness (QED) is 0.0506. The van der Waals surface area contributed by atoms with E-state index in [0.29, 0.717) is 58.0 Å². The monoisotopic (exact) mass is 937 g/mol. The second-order valence-electron chi connectivity index (χ2n) is 17.2. The Kier molecular flexibility index (Phi) is 37.5. The molecule has 360 valence electrons. The van der Waals surface area contributed by atoms with E-state index < -0.39 is 33.5 Å². The second kappa shape index (κ2) is 34.7. The highest BCUT2D eigenvalue weighted by atomic mass is 33.1. The van der Waals surface area contributed by atoms with Gasteiger partial charge in [0, 0.05) is 63.9 Å². The first kappa shape index (κ1) is 64.9. The summed E-state index contributed by atoms with van der Waals surface area (Å²) in [7, 11) is 5.03. The van der Waals surface area contributed by atoms with Crippen LogP contribution in [0.25, 0.3) is 0 Å². The Labute approximate surface area is 382 Å². The molecule has 0 aliphatic carbocycles. The summed E-state index contributed by atoms with van der Waals surface area (Å²) in [4.78, 5) is 54.2. The molecule has 60 heavy (non-hydrogen) atoms. The first-order valence-corrected chi connectivity index (χ1v) is 25.2. The van der Waals surface area contributed by atoms with Crippen molar-refractivity contribution in [2.24, 2.45) is 0 Å². The smallest absolute Gasteiger partial charge is 0.410 e. The van der Waals surface area contributed by atoms with E-state index in [9.17, 15) is 23.4 Å². The van der Waals surface area contributed by atoms with Gasteiger partial charge in [0.05, 0.1) is 12.9 Å². The Hall–Kier alpha value is -1.76. The molecular weight excluding hydrogens is 849 g/mol. The fourth-order valence-corrected chi connectivity index (χ4v) is 7.10. The molecule has 0 aliphatic rings. The molecular formula is C42H88N4O10S4. The van der Waals surface area contributed by atoms with Crippen LogP contribution in [0.2, 0.25) is 0 Å². The number of nitrogens with zero attached hydrogens (tertiary/aromatic N) is 4. The van der Waals surface area contributed by atoms with E-state index >= 15 is 0 Å². The summed E-state index contributed by atoms with van der Waals surface area (Å²) in [5.74, 6) is 3.18. The zero-order valence-corrected chi connectivity index (χ0v) is 43.2. The van der Waals surface area contributed by atoms with Gasteiger partial charge in [-0.1, -0.05) is 29.0 Å². The largest absolute Gasteiger partial charge is 0.444 e. The number of hydrogen-bond acceptors (Lipinski definition) is 13. The maximum Gasteiger partial charge on any atom is 0.410 e. The highest BCUT2D eigenvalue weighted by Gasteiger charge is 2.23. The van der Waals surface area contributed by atoms with Crippen molar-refractivity contribution >= 4 is 69.7 Å². The Balaban J connectivity index is -0.000000420. The van der Waals surface area contributed by atoms with Crippen LogP contribution in [-0.2, 0) is 34.2 Å². The van der Waals surface area contributed by atoms with Crippen molar-refractivity contribution in [2.45, 2.75) is 166 Å². The average molecular weight is 937 g/mol. The molecule has 18 heteroatoms. The lowest BCUT2D eigenvalue weighted by molar-refractivity contribution is 0.0250. The third-order valence-corrected chi connectivity index (χ3v) is 10.9. The third-order valence-electron chi connectivity index (χ3n) is 7.04. The van der Waals surface area contributed by atoms with Crippen molar-refractivity contribution in [2.75, 3.05) is 82.5 Å². The molecule has 0 fully saturated rings. The maximum absolute atomic E-state index is 12.1. The van der Waals surface area contributed by atoms with Crippen LogP contribution in [0, 0.1) is 0 Å². The lowest BCUT2D eigenvalue weighted by atomic mass is 10.2. The van der Waals surface area contributed by atoms with E-state index in [1.165, 1.54) is 7.11 Å². The minimum atomic E-state index is -1.26. The maximum atomic E-state index is 12.1. The molecule has 0 N–H and O–H groups in total. The number of carbonyl (C=O) groups is 4. The first-order chi connectivity index (χ1) is 27.1. The van der Waals surface area contributed by atoms with Crippen LogP contribution in [-0.4, -0.2) is 153 Å². The second-order valence-corrected chi connectivity index (χ2v) is 21.7. The molecule has 0 aliphatic heterocycles. The van der Waals surface area contributed by atoms with Gasteiger partial charge in [0.25, 0.3) is 0 Å². The number of amides is 4. The molecule has 0 spiro atoms. The van der Waals surface area contributed by atoms with Crippen LogP contribution in [0.3, 0.4) is 0 Å². The van der Waals surface area contributed by atoms with Gasteiger partial charge in [-0.2, -0.15) is 12.6 Å². The molecule has 14 nitrogen and oxygen atoms in total. The van der Waals surface area contributed by atoms with Gasteiger partial charge in [-0.15, -0.1) is 0 Å². The van der Waals surface area contributed by atoms with Gasteiger partial charge in [-0.25, -0.2) is 23.4 Å². The van der Waals surface area contributed by atoms with Crippen molar-refractivity contribution < 1.29 is 46.5 Å². The summed E-state index contributed by atoms with van der Waals surface area (Å²) in [5.41, 5.74) is -1.81. The van der Waals surface area contributed by atoms with E-state index in [4.69, 9.17) is 18.9 Å². The zero-order chi connectivity index (χ0) is 46.5. The first-order valence-electron chi connectivity index (χ1n) is 20.8. The van der Waals surface area contributed by atoms with Crippen LogP contribution >= 0.6 is 34.2 Å². The van der Waals surface area contributed by atoms with Crippen molar-refractivity contribution in [3.8, 4) is 0 Å². The molecule has 0 bridgehead atoms. The number of ether oxygens (including phenoxy) is 4. The van der Waals surface area contributed by atoms with E-state index in [1.807, 2.05) is 132 Å². The summed E-state index contributed by atoms with van der Waals surface area (Å²) < 4.78 is 37.0. The minimum Gasteiger partial charge on any atom is -0.444 e. The van der Waals surface area contributed by atoms with E-state index in [-0.39, 0.29) is 31.8 Å². The Morgan fingerprint density at radius 3 is 0.967 bits per heavy atom. The van der Waals surface area contributed by atoms with Crippen molar-refractivity contribution in [1.82, 2.24) is 19.6 Å². The van der Waals surface area contributed by atoms with Crippen molar-refractivity contribution in [3.63, 3.8) is 0 Å². The SMILES string of the molecule is C.CCN(CCCS(=O)OC)C(=O)OC(C)(C)C.CCN(CCCS)C(=O)OC(C)(C)C.CCN(CCCSSCCCN(CC)C(=O)OC(C)(C)C)C(=O)OC(C)(C)C. The summed E-state index contributed by atoms with van der Waals surface area (Å²) in [5, 5.41) is 0. The summed E-state index contributed by atoms with van der Waals surface area (Å²) in [6.45, 7) is 35.4. The van der Waals surface area contributed by atoms with Gasteiger partial charge in [-0.05, 0) is 142 Å². The lowest BCUT2D eigenvalue weighted by Crippen LogP contribution is -2.37. The van der Waals surface area contributed by atoms with E-state index in [1.54, 1.807) is 19.6 Å². The van der Waals surface area contributed by atoms with Crippen LogP contribution in [0.1, 0.15) is 144 Å².